The standard InChI is InChI=1S/C45H58N9O16P3S/c1-51(2)27-16-18-31-34(23-27)74-35-24-28(52(3)4)17-19-32(35)37(31)29-13-8-9-14-30(29)43(59)53(5)21-12-15-36(55)47-20-10-6-7-11-22-66-71(60,61)69-73(64,65)70-72(62,63)67-25-33-39(56)40(57)44(68-33)54-26-48-38-41(54)49-45(46)50-42(38)58/h8-9,13-14,16-19,23-24,26,33,39-40,44,56-57H,6-7,10-12,15,20-22,25H2,1-5H3,(H6-,46,47,49,50,55,58,60,61,62,63,64,65)/t33-,39-,40-,44-/m1/s1. The minimum Gasteiger partial charge on any atom is -0.756 e. The number of nitrogens with two attached hydrogens (primary N) is 1. The SMILES string of the molecule is CN(CCCC(=O)NCCCCCCOP(=O)([O-])OP(=O)(O)OP(=O)(O)OC[C@H]1O[C@@H](n2cnc3c(=O)[nH]c(N)nc32)[C@H](O)[C@@H]1O)C(=O)c1ccccc1-c1c2ccc(=[N+](C)C)cc-2sc2cc(N(C)C)ccc12. The van der Waals surface area contributed by atoms with Gasteiger partial charge in [0.2, 0.25) is 17.2 Å². The number of fused-ring (bicyclic) bond motifs is 3. The molecule has 1 saturated heterocycles. The third-order valence-corrected chi connectivity index (χ3v) is 17.3. The molecule has 4 heterocycles. The Morgan fingerprint density at radius 3 is 2.43 bits per heavy atom. The maximum Gasteiger partial charge on any atom is 0.487 e. The summed E-state index contributed by atoms with van der Waals surface area (Å²) in [6, 6.07) is 20.3. The molecule has 400 valence electrons. The van der Waals surface area contributed by atoms with Gasteiger partial charge in [-0.25, -0.2) is 23.0 Å². The van der Waals surface area contributed by atoms with Crippen molar-refractivity contribution in [2.24, 2.45) is 0 Å². The molecule has 2 amide bonds. The zero-order valence-electron chi connectivity index (χ0n) is 40.9. The summed E-state index contributed by atoms with van der Waals surface area (Å²) in [6.45, 7) is -0.875. The van der Waals surface area contributed by atoms with E-state index >= 15 is 0 Å². The van der Waals surface area contributed by atoms with Gasteiger partial charge >= 0.3 is 15.6 Å². The Labute approximate surface area is 428 Å². The van der Waals surface area contributed by atoms with Crippen LogP contribution in [0, 0.1) is 0 Å². The van der Waals surface area contributed by atoms with Crippen molar-refractivity contribution < 1.29 is 70.6 Å². The molecule has 2 aliphatic heterocycles. The maximum absolute atomic E-state index is 14.1. The average Bonchev–Trinajstić information content (AvgIpc) is 3.88. The number of anilines is 2. The van der Waals surface area contributed by atoms with E-state index in [4.69, 9.17) is 10.5 Å². The molecule has 3 aliphatic rings. The van der Waals surface area contributed by atoms with E-state index in [1.165, 1.54) is 0 Å². The molecular formula is C45H58N9O16P3S. The minimum atomic E-state index is -5.88. The number of phosphoric ester groups is 2. The number of nitrogen functional groups attached to an aromatic ring is 1. The number of benzene rings is 3. The summed E-state index contributed by atoms with van der Waals surface area (Å²) < 4.78 is 64.2. The van der Waals surface area contributed by atoms with Gasteiger partial charge in [0, 0.05) is 84.6 Å². The first-order valence-corrected chi connectivity index (χ1v) is 28.4. The van der Waals surface area contributed by atoms with Gasteiger partial charge in [0.05, 0.1) is 19.5 Å². The fourth-order valence-electron chi connectivity index (χ4n) is 8.17. The molecule has 1 fully saturated rings. The van der Waals surface area contributed by atoms with Crippen LogP contribution < -0.4 is 36.3 Å². The molecule has 8 N–H and O–H groups in total. The van der Waals surface area contributed by atoms with E-state index < -0.39 is 66.8 Å². The molecule has 2 aromatic heterocycles. The van der Waals surface area contributed by atoms with E-state index in [9.17, 15) is 53.0 Å². The van der Waals surface area contributed by atoms with Crippen molar-refractivity contribution in [3.8, 4) is 21.6 Å². The summed E-state index contributed by atoms with van der Waals surface area (Å²) in [5.74, 6) is -0.666. The molecule has 29 heteroatoms. The van der Waals surface area contributed by atoms with Crippen molar-refractivity contribution in [2.45, 2.75) is 63.1 Å². The Morgan fingerprint density at radius 1 is 0.946 bits per heavy atom. The first kappa shape index (κ1) is 56.5. The average molecular weight is 1110 g/mol. The van der Waals surface area contributed by atoms with E-state index in [1.54, 1.807) is 23.3 Å². The van der Waals surface area contributed by atoms with Crippen LogP contribution in [0.3, 0.4) is 0 Å². The van der Waals surface area contributed by atoms with Crippen molar-refractivity contribution in [2.75, 3.05) is 72.2 Å². The molecule has 7 atom stereocenters. The number of imidazole rings is 1. The molecule has 0 spiro atoms. The third-order valence-electron chi connectivity index (χ3n) is 11.9. The van der Waals surface area contributed by atoms with Crippen molar-refractivity contribution in [3.05, 3.63) is 88.3 Å². The van der Waals surface area contributed by atoms with Gasteiger partial charge in [0.1, 0.15) is 32.4 Å². The number of carbonyl (C=O) groups excluding carboxylic acids is 2. The summed E-state index contributed by atoms with van der Waals surface area (Å²) in [5.41, 5.74) is 9.01. The second-order valence-electron chi connectivity index (χ2n) is 17.8. The maximum atomic E-state index is 14.1. The number of aromatic amines is 1. The van der Waals surface area contributed by atoms with Crippen LogP contribution in [0.4, 0.5) is 11.6 Å². The predicted molar refractivity (Wildman–Crippen MR) is 273 cm³/mol. The van der Waals surface area contributed by atoms with E-state index in [2.05, 4.69) is 83.8 Å². The van der Waals surface area contributed by atoms with Gasteiger partial charge in [-0.3, -0.25) is 33.0 Å². The summed E-state index contributed by atoms with van der Waals surface area (Å²) in [7, 11) is -7.36. The van der Waals surface area contributed by atoms with Gasteiger partial charge in [-0.05, 0) is 54.7 Å². The highest BCUT2D eigenvalue weighted by Gasteiger charge is 2.47. The molecule has 7 rings (SSSR count). The van der Waals surface area contributed by atoms with Gasteiger partial charge in [0.15, 0.2) is 17.4 Å². The van der Waals surface area contributed by atoms with Crippen LogP contribution in [-0.4, -0.2) is 136 Å². The number of unbranched alkanes of at least 4 members (excludes halogenated alkanes) is 3. The number of ether oxygens (including phenoxy) is 1. The van der Waals surface area contributed by atoms with Crippen molar-refractivity contribution >= 4 is 79.5 Å². The molecule has 25 nitrogen and oxygen atoms in total. The van der Waals surface area contributed by atoms with Crippen LogP contribution in [0.2, 0.25) is 0 Å². The van der Waals surface area contributed by atoms with Crippen LogP contribution in [0.15, 0.2) is 71.8 Å². The molecule has 0 radical (unpaired) electrons. The lowest BCUT2D eigenvalue weighted by Crippen LogP contribution is -2.33. The predicted octanol–water partition coefficient (Wildman–Crippen LogP) is 3.37. The van der Waals surface area contributed by atoms with Crippen molar-refractivity contribution in [1.82, 2.24) is 34.3 Å². The number of aliphatic hydroxyl groups excluding tert-OH is 2. The second kappa shape index (κ2) is 23.7. The quantitative estimate of drug-likeness (QED) is 0.0209. The zero-order chi connectivity index (χ0) is 53.7. The number of rotatable bonds is 23. The van der Waals surface area contributed by atoms with Crippen LogP contribution in [0.1, 0.15) is 55.1 Å². The third kappa shape index (κ3) is 13.8. The monoisotopic (exact) mass is 1110 g/mol. The van der Waals surface area contributed by atoms with Crippen molar-refractivity contribution in [3.63, 3.8) is 0 Å². The van der Waals surface area contributed by atoms with E-state index in [0.717, 1.165) is 53.6 Å². The second-order valence-corrected chi connectivity index (χ2v) is 23.4. The van der Waals surface area contributed by atoms with Crippen LogP contribution in [0.5, 0.6) is 0 Å². The van der Waals surface area contributed by atoms with Crippen LogP contribution in [0.25, 0.3) is 42.8 Å². The number of phosphoric acid groups is 3. The van der Waals surface area contributed by atoms with Gasteiger partial charge in [-0.2, -0.15) is 9.29 Å². The number of carbonyl (C=O) groups is 2. The molecule has 0 bridgehead atoms. The first-order valence-electron chi connectivity index (χ1n) is 23.2. The Hall–Kier alpha value is -5.27. The summed E-state index contributed by atoms with van der Waals surface area (Å²) in [5, 5.41) is 26.0. The Balaban J connectivity index is 0.805. The number of amides is 2. The Kier molecular flexibility index (Phi) is 18.1. The largest absolute Gasteiger partial charge is 0.756 e. The smallest absolute Gasteiger partial charge is 0.487 e. The van der Waals surface area contributed by atoms with Crippen LogP contribution in [-0.2, 0) is 40.9 Å². The normalized spacial score (nSPS) is 19.3. The lowest BCUT2D eigenvalue weighted by Gasteiger charge is -2.25. The number of aromatic nitrogens is 4. The lowest BCUT2D eigenvalue weighted by molar-refractivity contribution is -0.218. The van der Waals surface area contributed by atoms with E-state index in [0.29, 0.717) is 44.3 Å². The van der Waals surface area contributed by atoms with Crippen molar-refractivity contribution in [1.29, 1.82) is 0 Å². The highest BCUT2D eigenvalue weighted by Crippen LogP contribution is 2.66. The van der Waals surface area contributed by atoms with E-state index in [1.807, 2.05) is 52.5 Å². The van der Waals surface area contributed by atoms with Gasteiger partial charge in [-0.1, -0.05) is 37.1 Å². The highest BCUT2D eigenvalue weighted by molar-refractivity contribution is 7.66. The Morgan fingerprint density at radius 2 is 1.69 bits per heavy atom. The van der Waals surface area contributed by atoms with Gasteiger partial charge in [0.25, 0.3) is 19.3 Å². The molecule has 0 saturated carbocycles. The fourth-order valence-corrected chi connectivity index (χ4v) is 12.8. The molecule has 2 aromatic carbocycles. The first-order chi connectivity index (χ1) is 34.9. The van der Waals surface area contributed by atoms with Gasteiger partial charge < -0.3 is 55.0 Å². The molecule has 3 unspecified atom stereocenters. The number of aliphatic hydroxyl groups is 2. The summed E-state index contributed by atoms with van der Waals surface area (Å²) >= 11 is 1.71. The Bertz CT molecular complexity index is 3280. The zero-order valence-corrected chi connectivity index (χ0v) is 44.4. The van der Waals surface area contributed by atoms with Crippen LogP contribution >= 0.6 is 34.8 Å². The number of nitrogens with zero attached hydrogens (tertiary/aromatic N) is 6. The molecule has 1 aliphatic carbocycles. The number of hydrogen-bond acceptors (Lipinski definition) is 19. The molecular weight excluding hydrogens is 1050 g/mol. The number of nitrogens with one attached hydrogen (secondary N) is 2. The minimum absolute atomic E-state index is 0.128. The highest BCUT2D eigenvalue weighted by atomic mass is 32.1. The number of H-pyrrole nitrogens is 1. The fraction of sp³-hybridized carbons (Fsp3) is 0.422. The lowest BCUT2D eigenvalue weighted by atomic mass is 9.91. The number of hydrogen-bond donors (Lipinski definition) is 7. The summed E-state index contributed by atoms with van der Waals surface area (Å²) in [6.07, 6.45) is -3.27. The van der Waals surface area contributed by atoms with E-state index in [-0.39, 0.29) is 41.8 Å². The van der Waals surface area contributed by atoms with Gasteiger partial charge in [-0.15, -0.1) is 11.3 Å². The molecule has 74 heavy (non-hydrogen) atoms. The molecule has 4 aromatic rings. The summed E-state index contributed by atoms with van der Waals surface area (Å²) in [4.78, 5) is 86.0. The topological polar surface area (TPSA) is 347 Å².